The number of benzene rings is 2. The monoisotopic (exact) mass is 453 g/mol. The zero-order chi connectivity index (χ0) is 21.4. The lowest BCUT2D eigenvalue weighted by atomic mass is 10.0. The van der Waals surface area contributed by atoms with E-state index >= 15 is 0 Å². The van der Waals surface area contributed by atoms with Crippen molar-refractivity contribution in [3.63, 3.8) is 0 Å². The molecule has 2 N–H and O–H groups in total. The molecule has 11 heteroatoms. The number of hydrogen-bond donors (Lipinski definition) is 2. The fourth-order valence-electron chi connectivity index (χ4n) is 2.63. The molecule has 0 bridgehead atoms. The first-order valence-corrected chi connectivity index (χ1v) is 10.7. The zero-order valence-electron chi connectivity index (χ0n) is 14.8. The second kappa shape index (κ2) is 7.84. The fraction of sp³-hybridized carbons (Fsp3) is 0.235. The number of thioether (sulfide) groups is 1. The minimum Gasteiger partial charge on any atom is -0.507 e. The Bertz CT molecular complexity index is 1050. The standard InChI is InChI=1S/C17H15ClF3NO4S2/c1-8-6-13(23)14(9(2)15(8)27-3)16(24)22-12-5-4-10(7-11(12)18)28(25,26)17(19,20)21/h4-7,23H,1-3H3,(H,22,24). The van der Waals surface area contributed by atoms with Crippen LogP contribution in [0.5, 0.6) is 5.75 Å². The van der Waals surface area contributed by atoms with Gasteiger partial charge in [-0.25, -0.2) is 8.42 Å². The van der Waals surface area contributed by atoms with Gasteiger partial charge >= 0.3 is 5.51 Å². The predicted molar refractivity (Wildman–Crippen MR) is 102 cm³/mol. The number of hydrogen-bond acceptors (Lipinski definition) is 5. The van der Waals surface area contributed by atoms with Crippen molar-refractivity contribution in [2.24, 2.45) is 0 Å². The molecule has 152 valence electrons. The average molecular weight is 454 g/mol. The van der Waals surface area contributed by atoms with Gasteiger partial charge in [-0.05, 0) is 55.5 Å². The summed E-state index contributed by atoms with van der Waals surface area (Å²) >= 11 is 7.26. The number of phenolic OH excluding ortho intramolecular Hbond substituents is 1. The topological polar surface area (TPSA) is 83.5 Å². The number of alkyl halides is 3. The minimum atomic E-state index is -5.56. The highest BCUT2D eigenvalue weighted by Crippen LogP contribution is 2.36. The number of aryl methyl sites for hydroxylation is 1. The van der Waals surface area contributed by atoms with Gasteiger partial charge in [0, 0.05) is 4.90 Å². The van der Waals surface area contributed by atoms with Crippen LogP contribution in [0.1, 0.15) is 21.5 Å². The number of carbonyl (C=O) groups excluding carboxylic acids is 1. The molecule has 0 radical (unpaired) electrons. The van der Waals surface area contributed by atoms with Gasteiger partial charge in [-0.15, -0.1) is 11.8 Å². The van der Waals surface area contributed by atoms with Gasteiger partial charge in [0.1, 0.15) is 5.75 Å². The molecular weight excluding hydrogens is 439 g/mol. The molecule has 1 amide bonds. The van der Waals surface area contributed by atoms with Crippen molar-refractivity contribution < 1.29 is 31.5 Å². The summed E-state index contributed by atoms with van der Waals surface area (Å²) in [5, 5.41) is 12.1. The number of phenols is 1. The molecule has 0 heterocycles. The van der Waals surface area contributed by atoms with Crippen LogP contribution in [0.25, 0.3) is 0 Å². The van der Waals surface area contributed by atoms with Crippen LogP contribution in [0.3, 0.4) is 0 Å². The van der Waals surface area contributed by atoms with E-state index in [1.54, 1.807) is 13.8 Å². The van der Waals surface area contributed by atoms with Crippen LogP contribution in [-0.4, -0.2) is 31.2 Å². The molecule has 5 nitrogen and oxygen atoms in total. The van der Waals surface area contributed by atoms with E-state index in [0.717, 1.165) is 16.5 Å². The molecule has 0 aliphatic rings. The number of amides is 1. The third-order valence-corrected chi connectivity index (χ3v) is 6.75. The van der Waals surface area contributed by atoms with Gasteiger partial charge in [-0.1, -0.05) is 11.6 Å². The number of nitrogens with one attached hydrogen (secondary N) is 1. The average Bonchev–Trinajstić information content (AvgIpc) is 2.55. The third kappa shape index (κ3) is 4.08. The lowest BCUT2D eigenvalue weighted by Crippen LogP contribution is -2.23. The molecule has 2 aromatic carbocycles. The van der Waals surface area contributed by atoms with Gasteiger partial charge in [0.2, 0.25) is 0 Å². The Kier molecular flexibility index (Phi) is 6.27. The maximum absolute atomic E-state index is 12.6. The van der Waals surface area contributed by atoms with Crippen molar-refractivity contribution >= 4 is 44.8 Å². The van der Waals surface area contributed by atoms with Crippen LogP contribution in [0.4, 0.5) is 18.9 Å². The van der Waals surface area contributed by atoms with Crippen LogP contribution in [0.2, 0.25) is 5.02 Å². The van der Waals surface area contributed by atoms with E-state index in [2.05, 4.69) is 5.32 Å². The lowest BCUT2D eigenvalue weighted by Gasteiger charge is -2.15. The number of halogens is 4. The van der Waals surface area contributed by atoms with E-state index in [4.69, 9.17) is 11.6 Å². The highest BCUT2D eigenvalue weighted by Gasteiger charge is 2.47. The molecule has 0 aromatic heterocycles. The van der Waals surface area contributed by atoms with Crippen molar-refractivity contribution in [2.75, 3.05) is 11.6 Å². The van der Waals surface area contributed by atoms with E-state index in [-0.39, 0.29) is 17.0 Å². The number of sulfone groups is 1. The second-order valence-corrected chi connectivity index (χ2v) is 8.96. The van der Waals surface area contributed by atoms with Crippen LogP contribution >= 0.6 is 23.4 Å². The molecule has 28 heavy (non-hydrogen) atoms. The highest BCUT2D eigenvalue weighted by molar-refractivity contribution is 7.98. The minimum absolute atomic E-state index is 0.0157. The summed E-state index contributed by atoms with van der Waals surface area (Å²) in [7, 11) is -5.56. The summed E-state index contributed by atoms with van der Waals surface area (Å²) in [5.41, 5.74) is -4.29. The maximum Gasteiger partial charge on any atom is 0.501 e. The molecule has 0 aliphatic heterocycles. The van der Waals surface area contributed by atoms with Crippen LogP contribution in [0, 0.1) is 13.8 Å². The number of carbonyl (C=O) groups is 1. The van der Waals surface area contributed by atoms with Crippen molar-refractivity contribution in [1.29, 1.82) is 0 Å². The van der Waals surface area contributed by atoms with Gasteiger partial charge in [0.15, 0.2) is 0 Å². The Morgan fingerprint density at radius 3 is 2.32 bits per heavy atom. The maximum atomic E-state index is 12.6. The molecule has 0 saturated carbocycles. The summed E-state index contributed by atoms with van der Waals surface area (Å²) in [6, 6.07) is 3.68. The van der Waals surface area contributed by atoms with Crippen LogP contribution in [-0.2, 0) is 9.84 Å². The second-order valence-electron chi connectivity index (χ2n) is 5.79. The normalized spacial score (nSPS) is 12.1. The summed E-state index contributed by atoms with van der Waals surface area (Å²) in [4.78, 5) is 12.3. The first-order chi connectivity index (χ1) is 12.8. The van der Waals surface area contributed by atoms with E-state index in [1.165, 1.54) is 17.8 Å². The zero-order valence-corrected chi connectivity index (χ0v) is 17.2. The first kappa shape index (κ1) is 22.4. The Morgan fingerprint density at radius 1 is 1.21 bits per heavy atom. The van der Waals surface area contributed by atoms with E-state index < -0.39 is 31.2 Å². The Hall–Kier alpha value is -1.91. The molecule has 0 aliphatic carbocycles. The Balaban J connectivity index is 2.42. The number of rotatable bonds is 4. The first-order valence-electron chi connectivity index (χ1n) is 7.60. The Morgan fingerprint density at radius 2 is 1.82 bits per heavy atom. The Labute approximate surface area is 168 Å². The highest BCUT2D eigenvalue weighted by atomic mass is 35.5. The molecule has 2 rings (SSSR count). The van der Waals surface area contributed by atoms with Crippen molar-refractivity contribution in [3.8, 4) is 5.75 Å². The summed E-state index contributed by atoms with van der Waals surface area (Å²) < 4.78 is 60.8. The predicted octanol–water partition coefficient (Wildman–Crippen LogP) is 4.93. The van der Waals surface area contributed by atoms with Gasteiger partial charge in [0.05, 0.1) is 21.2 Å². The van der Waals surface area contributed by atoms with Crippen molar-refractivity contribution in [1.82, 2.24) is 0 Å². The summed E-state index contributed by atoms with van der Waals surface area (Å²) in [6.07, 6.45) is 1.81. The van der Waals surface area contributed by atoms with Crippen LogP contribution < -0.4 is 5.32 Å². The van der Waals surface area contributed by atoms with Crippen LogP contribution in [0.15, 0.2) is 34.1 Å². The number of aromatic hydroxyl groups is 1. The smallest absolute Gasteiger partial charge is 0.501 e. The van der Waals surface area contributed by atoms with E-state index in [0.29, 0.717) is 17.7 Å². The van der Waals surface area contributed by atoms with E-state index in [1.807, 2.05) is 6.26 Å². The molecule has 0 unspecified atom stereocenters. The number of anilines is 1. The largest absolute Gasteiger partial charge is 0.507 e. The molecule has 0 fully saturated rings. The van der Waals surface area contributed by atoms with Gasteiger partial charge in [0.25, 0.3) is 15.7 Å². The fourth-order valence-corrected chi connectivity index (χ4v) is 4.50. The molecule has 0 spiro atoms. The van der Waals surface area contributed by atoms with E-state index in [9.17, 15) is 31.5 Å². The molecule has 2 aromatic rings. The van der Waals surface area contributed by atoms with Gasteiger partial charge in [-0.3, -0.25) is 4.79 Å². The summed E-state index contributed by atoms with van der Waals surface area (Å²) in [6.45, 7) is 3.42. The molecule has 0 atom stereocenters. The van der Waals surface area contributed by atoms with Crippen molar-refractivity contribution in [3.05, 3.63) is 46.0 Å². The third-order valence-electron chi connectivity index (χ3n) is 3.92. The molecular formula is C17H15ClF3NO4S2. The summed E-state index contributed by atoms with van der Waals surface area (Å²) in [5.74, 6) is -1.00. The lowest BCUT2D eigenvalue weighted by molar-refractivity contribution is -0.0436. The quantitative estimate of drug-likeness (QED) is 0.641. The van der Waals surface area contributed by atoms with Crippen molar-refractivity contribution in [2.45, 2.75) is 29.1 Å². The van der Waals surface area contributed by atoms with Gasteiger partial charge in [-0.2, -0.15) is 13.2 Å². The molecule has 0 saturated heterocycles. The SMILES string of the molecule is CSc1c(C)cc(O)c(C(=O)Nc2ccc(S(=O)(=O)C(F)(F)F)cc2Cl)c1C. The van der Waals surface area contributed by atoms with Gasteiger partial charge < -0.3 is 10.4 Å².